The first-order valence-electron chi connectivity index (χ1n) is 3.47. The molecule has 0 saturated carbocycles. The van der Waals surface area contributed by atoms with Crippen LogP contribution in [0, 0.1) is 0 Å². The lowest BCUT2D eigenvalue weighted by molar-refractivity contribution is 0.421. The van der Waals surface area contributed by atoms with Gasteiger partial charge in [-0.2, -0.15) is 0 Å². The molecule has 1 aliphatic heterocycles. The van der Waals surface area contributed by atoms with Gasteiger partial charge in [0.1, 0.15) is 12.2 Å². The Morgan fingerprint density at radius 3 is 3.50 bits per heavy atom. The summed E-state index contributed by atoms with van der Waals surface area (Å²) >= 11 is 0. The Morgan fingerprint density at radius 1 is 1.80 bits per heavy atom. The second kappa shape index (κ2) is 2.05. The van der Waals surface area contributed by atoms with Crippen molar-refractivity contribution in [2.24, 2.45) is 0 Å². The third-order valence-corrected chi connectivity index (χ3v) is 1.84. The Kier molecular flexibility index (Phi) is 1.20. The molecule has 0 radical (unpaired) electrons. The van der Waals surface area contributed by atoms with E-state index in [1.54, 1.807) is 6.33 Å². The van der Waals surface area contributed by atoms with Crippen LogP contribution in [0.15, 0.2) is 6.33 Å². The van der Waals surface area contributed by atoms with Crippen molar-refractivity contribution in [3.63, 3.8) is 0 Å². The molecule has 1 N–H and O–H groups in total. The van der Waals surface area contributed by atoms with Gasteiger partial charge in [-0.15, -0.1) is 10.2 Å². The van der Waals surface area contributed by atoms with Crippen molar-refractivity contribution in [1.29, 1.82) is 0 Å². The summed E-state index contributed by atoms with van der Waals surface area (Å²) in [7, 11) is 0. The van der Waals surface area contributed by atoms with Gasteiger partial charge in [-0.05, 0) is 6.92 Å². The first kappa shape index (κ1) is 5.85. The van der Waals surface area contributed by atoms with E-state index < -0.39 is 0 Å². The van der Waals surface area contributed by atoms with Crippen LogP contribution in [-0.2, 0) is 6.54 Å². The maximum Gasteiger partial charge on any atom is 0.147 e. The highest BCUT2D eigenvalue weighted by atomic mass is 15.3. The van der Waals surface area contributed by atoms with Crippen molar-refractivity contribution < 1.29 is 0 Å². The molecule has 0 aliphatic carbocycles. The summed E-state index contributed by atoms with van der Waals surface area (Å²) < 4.78 is 2.11. The first-order chi connectivity index (χ1) is 4.88. The summed E-state index contributed by atoms with van der Waals surface area (Å²) in [5, 5.41) is 11.0. The topological polar surface area (TPSA) is 42.7 Å². The van der Waals surface area contributed by atoms with E-state index >= 15 is 0 Å². The lowest BCUT2D eigenvalue weighted by atomic mass is 10.3. The Bertz CT molecular complexity index is 229. The molecule has 0 spiro atoms. The number of hydrogen-bond donors (Lipinski definition) is 1. The van der Waals surface area contributed by atoms with E-state index in [-0.39, 0.29) is 0 Å². The van der Waals surface area contributed by atoms with Crippen molar-refractivity contribution >= 4 is 0 Å². The molecule has 2 rings (SSSR count). The predicted octanol–water partition coefficient (Wildman–Crippen LogP) is -0.0577. The van der Waals surface area contributed by atoms with Gasteiger partial charge in [0.2, 0.25) is 0 Å². The zero-order valence-corrected chi connectivity index (χ0v) is 5.91. The average Bonchev–Trinajstić information content (AvgIpc) is 2.36. The highest BCUT2D eigenvalue weighted by molar-refractivity contribution is 4.92. The van der Waals surface area contributed by atoms with E-state index in [1.807, 2.05) is 0 Å². The molecule has 0 aromatic carbocycles. The molecule has 1 atom stereocenters. The standard InChI is InChI=1S/C6H10N4/c1-5-2-7-3-6-9-8-4-10(5)6/h4-5,7H,2-3H2,1H3/t5-/m0/s1. The van der Waals surface area contributed by atoms with Gasteiger partial charge in [-0.3, -0.25) is 0 Å². The number of rotatable bonds is 0. The van der Waals surface area contributed by atoms with Crippen LogP contribution in [0.3, 0.4) is 0 Å². The van der Waals surface area contributed by atoms with Gasteiger partial charge in [0, 0.05) is 12.6 Å². The largest absolute Gasteiger partial charge is 0.312 e. The van der Waals surface area contributed by atoms with Crippen LogP contribution in [-0.4, -0.2) is 21.3 Å². The van der Waals surface area contributed by atoms with Crippen molar-refractivity contribution in [2.75, 3.05) is 6.54 Å². The summed E-state index contributed by atoms with van der Waals surface area (Å²) in [5.41, 5.74) is 0. The van der Waals surface area contributed by atoms with Crippen LogP contribution in [0.25, 0.3) is 0 Å². The van der Waals surface area contributed by atoms with E-state index in [2.05, 4.69) is 27.0 Å². The lowest BCUT2D eigenvalue weighted by Gasteiger charge is -2.20. The van der Waals surface area contributed by atoms with Gasteiger partial charge in [0.15, 0.2) is 0 Å². The Labute approximate surface area is 59.3 Å². The Morgan fingerprint density at radius 2 is 2.70 bits per heavy atom. The number of aromatic nitrogens is 3. The molecular weight excluding hydrogens is 128 g/mol. The number of fused-ring (bicyclic) bond motifs is 1. The van der Waals surface area contributed by atoms with Crippen molar-refractivity contribution in [3.8, 4) is 0 Å². The zero-order valence-electron chi connectivity index (χ0n) is 5.91. The van der Waals surface area contributed by atoms with Crippen LogP contribution < -0.4 is 5.32 Å². The van der Waals surface area contributed by atoms with Crippen LogP contribution >= 0.6 is 0 Å². The van der Waals surface area contributed by atoms with Gasteiger partial charge in [-0.25, -0.2) is 0 Å². The van der Waals surface area contributed by atoms with Crippen LogP contribution in [0.1, 0.15) is 18.8 Å². The van der Waals surface area contributed by atoms with E-state index in [4.69, 9.17) is 0 Å². The smallest absolute Gasteiger partial charge is 0.147 e. The summed E-state index contributed by atoms with van der Waals surface area (Å²) in [6, 6.07) is 0.499. The molecule has 54 valence electrons. The normalized spacial score (nSPS) is 24.3. The third-order valence-electron chi connectivity index (χ3n) is 1.84. The molecule has 1 aliphatic rings. The van der Waals surface area contributed by atoms with Crippen molar-refractivity contribution in [2.45, 2.75) is 19.5 Å². The molecule has 0 fully saturated rings. The second-order valence-electron chi connectivity index (χ2n) is 2.63. The minimum absolute atomic E-state index is 0.499. The monoisotopic (exact) mass is 138 g/mol. The van der Waals surface area contributed by atoms with Gasteiger partial charge in [0.25, 0.3) is 0 Å². The number of nitrogens with zero attached hydrogens (tertiary/aromatic N) is 3. The molecule has 2 heterocycles. The molecule has 1 aromatic rings. The molecule has 1 aromatic heterocycles. The lowest BCUT2D eigenvalue weighted by Crippen LogP contribution is -2.31. The summed E-state index contributed by atoms with van der Waals surface area (Å²) in [4.78, 5) is 0. The second-order valence-corrected chi connectivity index (χ2v) is 2.63. The third kappa shape index (κ3) is 0.724. The summed E-state index contributed by atoms with van der Waals surface area (Å²) in [6.07, 6.45) is 1.79. The number of nitrogens with one attached hydrogen (secondary N) is 1. The molecule has 0 bridgehead atoms. The Balaban J connectivity index is 2.41. The van der Waals surface area contributed by atoms with Crippen LogP contribution in [0.4, 0.5) is 0 Å². The molecule has 0 saturated heterocycles. The quantitative estimate of drug-likeness (QED) is 0.546. The first-order valence-corrected chi connectivity index (χ1v) is 3.47. The fourth-order valence-electron chi connectivity index (χ4n) is 1.25. The maximum absolute atomic E-state index is 3.96. The fourth-order valence-corrected chi connectivity index (χ4v) is 1.25. The van der Waals surface area contributed by atoms with E-state index in [1.165, 1.54) is 0 Å². The maximum atomic E-state index is 3.96. The van der Waals surface area contributed by atoms with E-state index in [9.17, 15) is 0 Å². The fraction of sp³-hybridized carbons (Fsp3) is 0.667. The average molecular weight is 138 g/mol. The molecule has 4 heteroatoms. The highest BCUT2D eigenvalue weighted by Crippen LogP contribution is 2.10. The molecule has 0 amide bonds. The van der Waals surface area contributed by atoms with Gasteiger partial charge in [0.05, 0.1) is 6.54 Å². The molecule has 10 heavy (non-hydrogen) atoms. The SMILES string of the molecule is C[C@H]1CNCc2nncn21. The van der Waals surface area contributed by atoms with Crippen LogP contribution in [0.2, 0.25) is 0 Å². The Hall–Kier alpha value is -0.900. The highest BCUT2D eigenvalue weighted by Gasteiger charge is 2.14. The van der Waals surface area contributed by atoms with Crippen LogP contribution in [0.5, 0.6) is 0 Å². The minimum Gasteiger partial charge on any atom is -0.312 e. The van der Waals surface area contributed by atoms with Gasteiger partial charge in [-0.1, -0.05) is 0 Å². The molecule has 4 nitrogen and oxygen atoms in total. The van der Waals surface area contributed by atoms with E-state index in [0.29, 0.717) is 6.04 Å². The van der Waals surface area contributed by atoms with Gasteiger partial charge >= 0.3 is 0 Å². The van der Waals surface area contributed by atoms with Gasteiger partial charge < -0.3 is 9.88 Å². The number of hydrogen-bond acceptors (Lipinski definition) is 3. The predicted molar refractivity (Wildman–Crippen MR) is 36.4 cm³/mol. The van der Waals surface area contributed by atoms with Crippen molar-refractivity contribution in [1.82, 2.24) is 20.1 Å². The minimum atomic E-state index is 0.499. The summed E-state index contributed by atoms with van der Waals surface area (Å²) in [6.45, 7) is 4.02. The zero-order chi connectivity index (χ0) is 6.97. The van der Waals surface area contributed by atoms with Crippen molar-refractivity contribution in [3.05, 3.63) is 12.2 Å². The molecular formula is C6H10N4. The van der Waals surface area contributed by atoms with E-state index in [0.717, 1.165) is 18.9 Å². The molecule has 0 unspecified atom stereocenters. The summed E-state index contributed by atoms with van der Waals surface area (Å²) in [5.74, 6) is 1.04.